The molecule has 0 aliphatic carbocycles. The van der Waals surface area contributed by atoms with Gasteiger partial charge in [-0.15, -0.1) is 0 Å². The smallest absolute Gasteiger partial charge is 0.339 e. The quantitative estimate of drug-likeness (QED) is 0.672. The zero-order chi connectivity index (χ0) is 16.7. The molecular weight excluding hydrogens is 310 g/mol. The zero-order valence-electron chi connectivity index (χ0n) is 13.2. The summed E-state index contributed by atoms with van der Waals surface area (Å²) in [5.41, 5.74) is 2.10. The molecule has 2 rings (SSSR count). The van der Waals surface area contributed by atoms with Gasteiger partial charge in [-0.05, 0) is 36.5 Å². The van der Waals surface area contributed by atoms with Gasteiger partial charge in [0.15, 0.2) is 5.11 Å². The highest BCUT2D eigenvalue weighted by atomic mass is 32.1. The average molecular weight is 329 g/mol. The largest absolute Gasteiger partial charge is 0.465 e. The Morgan fingerprint density at radius 1 is 1.26 bits per heavy atom. The third kappa shape index (κ3) is 4.75. The van der Waals surface area contributed by atoms with Crippen LogP contribution >= 0.6 is 12.2 Å². The molecule has 1 aromatic heterocycles. The molecule has 0 aliphatic heterocycles. The lowest BCUT2D eigenvalue weighted by Gasteiger charge is -2.21. The minimum Gasteiger partial charge on any atom is -0.465 e. The van der Waals surface area contributed by atoms with Crippen molar-refractivity contribution in [3.63, 3.8) is 0 Å². The standard InChI is InChI=1S/C17H19N3O2S/c1-20(12-10-13-7-5-6-11-18-13)17(23)19-15-9-4-3-8-14(15)16(21)22-2/h3-9,11H,10,12H2,1-2H3,(H,19,23). The summed E-state index contributed by atoms with van der Waals surface area (Å²) in [4.78, 5) is 18.0. The van der Waals surface area contributed by atoms with E-state index in [-0.39, 0.29) is 0 Å². The molecule has 0 atom stereocenters. The first-order valence-corrected chi connectivity index (χ1v) is 7.62. The van der Waals surface area contributed by atoms with Crippen molar-refractivity contribution < 1.29 is 9.53 Å². The number of pyridine rings is 1. The molecule has 0 bridgehead atoms. The second kappa shape index (κ2) is 8.24. The number of nitrogens with zero attached hydrogens (tertiary/aromatic N) is 2. The third-order valence-electron chi connectivity index (χ3n) is 3.35. The second-order valence-corrected chi connectivity index (χ2v) is 5.35. The lowest BCUT2D eigenvalue weighted by Crippen LogP contribution is -2.33. The summed E-state index contributed by atoms with van der Waals surface area (Å²) in [6, 6.07) is 13.0. The molecular formula is C17H19N3O2S. The normalized spacial score (nSPS) is 10.0. The van der Waals surface area contributed by atoms with Gasteiger partial charge in [0.25, 0.3) is 0 Å². The molecule has 0 unspecified atom stereocenters. The number of ether oxygens (including phenoxy) is 1. The van der Waals surface area contributed by atoms with E-state index < -0.39 is 5.97 Å². The number of likely N-dealkylation sites (N-methyl/N-ethyl adjacent to an activating group) is 1. The lowest BCUT2D eigenvalue weighted by atomic mass is 10.2. The first kappa shape index (κ1) is 16.9. The minimum absolute atomic E-state index is 0.396. The highest BCUT2D eigenvalue weighted by molar-refractivity contribution is 7.80. The van der Waals surface area contributed by atoms with Crippen LogP contribution in [0.2, 0.25) is 0 Å². The SMILES string of the molecule is COC(=O)c1ccccc1NC(=S)N(C)CCc1ccccn1. The number of carbonyl (C=O) groups excluding carboxylic acids is 1. The first-order chi connectivity index (χ1) is 11.1. The number of anilines is 1. The molecule has 1 aromatic carbocycles. The van der Waals surface area contributed by atoms with E-state index in [2.05, 4.69) is 10.3 Å². The van der Waals surface area contributed by atoms with Crippen LogP contribution in [0.25, 0.3) is 0 Å². The average Bonchev–Trinajstić information content (AvgIpc) is 2.60. The number of aromatic nitrogens is 1. The summed E-state index contributed by atoms with van der Waals surface area (Å²) in [6.45, 7) is 0.725. The molecule has 1 N–H and O–H groups in total. The summed E-state index contributed by atoms with van der Waals surface area (Å²) < 4.78 is 4.78. The maximum Gasteiger partial charge on any atom is 0.339 e. The van der Waals surface area contributed by atoms with Gasteiger partial charge < -0.3 is 15.0 Å². The van der Waals surface area contributed by atoms with E-state index in [0.717, 1.165) is 18.7 Å². The Balaban J connectivity index is 1.97. The Labute approximate surface area is 141 Å². The Bertz CT molecular complexity index is 677. The van der Waals surface area contributed by atoms with Crippen LogP contribution in [-0.4, -0.2) is 41.7 Å². The fourth-order valence-corrected chi connectivity index (χ4v) is 2.22. The summed E-state index contributed by atoms with van der Waals surface area (Å²) in [6.07, 6.45) is 2.57. The van der Waals surface area contributed by atoms with E-state index in [0.29, 0.717) is 16.4 Å². The molecule has 120 valence electrons. The molecule has 0 radical (unpaired) electrons. The number of esters is 1. The van der Waals surface area contributed by atoms with Crippen molar-refractivity contribution in [3.05, 3.63) is 59.9 Å². The predicted octanol–water partition coefficient (Wildman–Crippen LogP) is 2.74. The number of hydrogen-bond acceptors (Lipinski definition) is 4. The number of thiocarbonyl (C=S) groups is 1. The Hall–Kier alpha value is -2.47. The molecule has 0 spiro atoms. The van der Waals surface area contributed by atoms with E-state index in [9.17, 15) is 4.79 Å². The number of benzene rings is 1. The van der Waals surface area contributed by atoms with Crippen LogP contribution in [0.5, 0.6) is 0 Å². The van der Waals surface area contributed by atoms with Crippen LogP contribution in [0.1, 0.15) is 16.1 Å². The molecule has 5 nitrogen and oxygen atoms in total. The number of para-hydroxylation sites is 1. The van der Waals surface area contributed by atoms with E-state index >= 15 is 0 Å². The number of methoxy groups -OCH3 is 1. The summed E-state index contributed by atoms with van der Waals surface area (Å²) in [7, 11) is 3.26. The lowest BCUT2D eigenvalue weighted by molar-refractivity contribution is 0.0602. The fraction of sp³-hybridized carbons (Fsp3) is 0.235. The van der Waals surface area contributed by atoms with E-state index in [1.165, 1.54) is 7.11 Å². The van der Waals surface area contributed by atoms with Crippen LogP contribution in [0.3, 0.4) is 0 Å². The van der Waals surface area contributed by atoms with Crippen LogP contribution in [0.15, 0.2) is 48.7 Å². The van der Waals surface area contributed by atoms with Gasteiger partial charge in [-0.25, -0.2) is 4.79 Å². The van der Waals surface area contributed by atoms with Crippen molar-refractivity contribution in [3.8, 4) is 0 Å². The van der Waals surface area contributed by atoms with Crippen molar-refractivity contribution in [1.82, 2.24) is 9.88 Å². The van der Waals surface area contributed by atoms with Gasteiger partial charge in [-0.2, -0.15) is 0 Å². The van der Waals surface area contributed by atoms with Crippen molar-refractivity contribution in [1.29, 1.82) is 0 Å². The molecule has 23 heavy (non-hydrogen) atoms. The van der Waals surface area contributed by atoms with Crippen molar-refractivity contribution in [2.75, 3.05) is 26.0 Å². The van der Waals surface area contributed by atoms with Crippen molar-refractivity contribution >= 4 is 29.0 Å². The predicted molar refractivity (Wildman–Crippen MR) is 94.6 cm³/mol. The maximum absolute atomic E-state index is 11.8. The second-order valence-electron chi connectivity index (χ2n) is 4.96. The van der Waals surface area contributed by atoms with Gasteiger partial charge in [-0.1, -0.05) is 18.2 Å². The van der Waals surface area contributed by atoms with Crippen molar-refractivity contribution in [2.24, 2.45) is 0 Å². The Morgan fingerprint density at radius 2 is 2.00 bits per heavy atom. The molecule has 0 aliphatic rings. The van der Waals surface area contributed by atoms with Gasteiger partial charge in [0.05, 0.1) is 18.4 Å². The van der Waals surface area contributed by atoms with Crippen LogP contribution in [0.4, 0.5) is 5.69 Å². The fourth-order valence-electron chi connectivity index (χ4n) is 2.02. The number of rotatable bonds is 5. The molecule has 6 heteroatoms. The van der Waals surface area contributed by atoms with Crippen molar-refractivity contribution in [2.45, 2.75) is 6.42 Å². The van der Waals surface area contributed by atoms with Crippen LogP contribution in [0, 0.1) is 0 Å². The highest BCUT2D eigenvalue weighted by Crippen LogP contribution is 2.16. The topological polar surface area (TPSA) is 54.5 Å². The van der Waals surface area contributed by atoms with Gasteiger partial charge >= 0.3 is 5.97 Å². The molecule has 0 fully saturated rings. The number of carbonyl (C=O) groups is 1. The molecule has 0 saturated heterocycles. The summed E-state index contributed by atoms with van der Waals surface area (Å²) in [5.74, 6) is -0.396. The zero-order valence-corrected chi connectivity index (χ0v) is 14.0. The molecule has 2 aromatic rings. The van der Waals surface area contributed by atoms with E-state index in [1.54, 1.807) is 24.4 Å². The minimum atomic E-state index is -0.396. The van der Waals surface area contributed by atoms with Gasteiger partial charge in [0.2, 0.25) is 0 Å². The monoisotopic (exact) mass is 329 g/mol. The Kier molecular flexibility index (Phi) is 6.05. The van der Waals surface area contributed by atoms with E-state index in [1.807, 2.05) is 36.2 Å². The number of nitrogens with one attached hydrogen (secondary N) is 1. The molecule has 1 heterocycles. The van der Waals surface area contributed by atoms with Crippen LogP contribution in [-0.2, 0) is 11.2 Å². The summed E-state index contributed by atoms with van der Waals surface area (Å²) in [5, 5.41) is 3.64. The molecule has 0 amide bonds. The van der Waals surface area contributed by atoms with Gasteiger partial charge in [0, 0.05) is 31.9 Å². The first-order valence-electron chi connectivity index (χ1n) is 7.21. The van der Waals surface area contributed by atoms with E-state index in [4.69, 9.17) is 17.0 Å². The maximum atomic E-state index is 11.8. The highest BCUT2D eigenvalue weighted by Gasteiger charge is 2.13. The van der Waals surface area contributed by atoms with Crippen LogP contribution < -0.4 is 5.32 Å². The van der Waals surface area contributed by atoms with Gasteiger partial charge in [-0.3, -0.25) is 4.98 Å². The molecule has 0 saturated carbocycles. The van der Waals surface area contributed by atoms with Gasteiger partial charge in [0.1, 0.15) is 0 Å². The Morgan fingerprint density at radius 3 is 2.70 bits per heavy atom. The third-order valence-corrected chi connectivity index (χ3v) is 3.76. The number of hydrogen-bond donors (Lipinski definition) is 1. The summed E-state index contributed by atoms with van der Waals surface area (Å²) >= 11 is 5.40.